The predicted molar refractivity (Wildman–Crippen MR) is 48.3 cm³/mol. The molecule has 5 heteroatoms. The number of allylic oxidation sites excluding steroid dienone is 1. The number of nitrogens with zero attached hydrogens (tertiary/aromatic N) is 2. The average molecular weight is 194 g/mol. The molecule has 1 N–H and O–H groups in total. The normalized spacial score (nSPS) is 10.1. The van der Waals surface area contributed by atoms with E-state index in [-0.39, 0.29) is 5.69 Å². The molecule has 0 bridgehead atoms. The molecule has 1 rings (SSSR count). The Morgan fingerprint density at radius 3 is 3.15 bits per heavy atom. The topological polar surface area (TPSA) is 74.0 Å². The zero-order chi connectivity index (χ0) is 9.68. The van der Waals surface area contributed by atoms with E-state index in [4.69, 9.17) is 10.4 Å². The zero-order valence-electron chi connectivity index (χ0n) is 6.60. The molecule has 0 spiro atoms. The minimum absolute atomic E-state index is 0.0432. The van der Waals surface area contributed by atoms with Crippen LogP contribution in [0.15, 0.2) is 11.5 Å². The van der Waals surface area contributed by atoms with Crippen LogP contribution in [0.2, 0.25) is 0 Å². The molecule has 66 valence electrons. The summed E-state index contributed by atoms with van der Waals surface area (Å²) in [5, 5.41) is 18.8. The highest BCUT2D eigenvalue weighted by Gasteiger charge is 2.05. The van der Waals surface area contributed by atoms with Gasteiger partial charge in [-0.3, -0.25) is 0 Å². The van der Waals surface area contributed by atoms with Crippen molar-refractivity contribution in [1.29, 1.82) is 5.26 Å². The summed E-state index contributed by atoms with van der Waals surface area (Å²) in [4.78, 5) is 14.2. The number of nitriles is 1. The van der Waals surface area contributed by atoms with Gasteiger partial charge in [0.15, 0.2) is 5.69 Å². The Bertz CT molecular complexity index is 376. The second-order valence-corrected chi connectivity index (χ2v) is 3.03. The first-order valence-corrected chi connectivity index (χ1v) is 4.34. The summed E-state index contributed by atoms with van der Waals surface area (Å²) >= 11 is 1.24. The summed E-state index contributed by atoms with van der Waals surface area (Å²) in [6, 6.07) is 1.94. The van der Waals surface area contributed by atoms with Gasteiger partial charge in [0, 0.05) is 5.38 Å². The Balaban J connectivity index is 2.70. The highest BCUT2D eigenvalue weighted by atomic mass is 32.1. The van der Waals surface area contributed by atoms with Gasteiger partial charge in [0.05, 0.1) is 12.5 Å². The molecular formula is C8H6N2O2S. The summed E-state index contributed by atoms with van der Waals surface area (Å²) in [5.74, 6) is -1.03. The summed E-state index contributed by atoms with van der Waals surface area (Å²) in [6.45, 7) is 0. The van der Waals surface area contributed by atoms with Gasteiger partial charge >= 0.3 is 5.97 Å². The van der Waals surface area contributed by atoms with Gasteiger partial charge in [-0.05, 0) is 6.08 Å². The summed E-state index contributed by atoms with van der Waals surface area (Å²) in [5.41, 5.74) is 0.0432. The maximum atomic E-state index is 10.4. The van der Waals surface area contributed by atoms with E-state index in [1.165, 1.54) is 16.7 Å². The molecular weight excluding hydrogens is 188 g/mol. The maximum absolute atomic E-state index is 10.4. The number of carbonyl (C=O) groups is 1. The summed E-state index contributed by atoms with van der Waals surface area (Å²) < 4.78 is 0. The van der Waals surface area contributed by atoms with Crippen LogP contribution in [0.1, 0.15) is 21.9 Å². The Kier molecular flexibility index (Phi) is 3.17. The second kappa shape index (κ2) is 4.38. The molecule has 0 aliphatic heterocycles. The molecule has 0 amide bonds. The monoisotopic (exact) mass is 194 g/mol. The van der Waals surface area contributed by atoms with Crippen LogP contribution in [-0.2, 0) is 0 Å². The third kappa shape index (κ3) is 2.69. The SMILES string of the molecule is N#CCC=Cc1nc(C(=O)O)cs1. The van der Waals surface area contributed by atoms with E-state index < -0.39 is 5.97 Å². The van der Waals surface area contributed by atoms with Gasteiger partial charge in [0.2, 0.25) is 0 Å². The fourth-order valence-electron chi connectivity index (χ4n) is 0.675. The first kappa shape index (κ1) is 9.42. The van der Waals surface area contributed by atoms with Crippen LogP contribution >= 0.6 is 11.3 Å². The van der Waals surface area contributed by atoms with Crippen molar-refractivity contribution in [3.8, 4) is 6.07 Å². The lowest BCUT2D eigenvalue weighted by molar-refractivity contribution is 0.0691. The molecule has 1 aromatic rings. The quantitative estimate of drug-likeness (QED) is 0.795. The summed E-state index contributed by atoms with van der Waals surface area (Å²) in [6.07, 6.45) is 3.59. The molecule has 0 aliphatic carbocycles. The van der Waals surface area contributed by atoms with Crippen molar-refractivity contribution in [2.45, 2.75) is 6.42 Å². The van der Waals surface area contributed by atoms with Gasteiger partial charge in [-0.1, -0.05) is 6.08 Å². The molecule has 0 radical (unpaired) electrons. The largest absolute Gasteiger partial charge is 0.476 e. The molecule has 0 aliphatic rings. The smallest absolute Gasteiger partial charge is 0.355 e. The Morgan fingerprint density at radius 1 is 1.85 bits per heavy atom. The molecule has 13 heavy (non-hydrogen) atoms. The second-order valence-electron chi connectivity index (χ2n) is 2.14. The van der Waals surface area contributed by atoms with E-state index in [1.807, 2.05) is 6.07 Å². The maximum Gasteiger partial charge on any atom is 0.355 e. The van der Waals surface area contributed by atoms with Gasteiger partial charge in [-0.2, -0.15) is 5.26 Å². The number of carboxylic acid groups (broad SMARTS) is 1. The van der Waals surface area contributed by atoms with E-state index in [2.05, 4.69) is 4.98 Å². The van der Waals surface area contributed by atoms with E-state index in [0.717, 1.165) is 0 Å². The molecule has 0 saturated heterocycles. The minimum atomic E-state index is -1.03. The van der Waals surface area contributed by atoms with Crippen LogP contribution in [-0.4, -0.2) is 16.1 Å². The molecule has 1 aromatic heterocycles. The van der Waals surface area contributed by atoms with Crippen molar-refractivity contribution < 1.29 is 9.90 Å². The van der Waals surface area contributed by atoms with Crippen molar-refractivity contribution in [3.05, 3.63) is 22.2 Å². The van der Waals surface area contributed by atoms with E-state index >= 15 is 0 Å². The Labute approximate surface area is 78.8 Å². The van der Waals surface area contributed by atoms with Crippen molar-refractivity contribution in [3.63, 3.8) is 0 Å². The molecule has 4 nitrogen and oxygen atoms in total. The Hall–Kier alpha value is -1.67. The highest BCUT2D eigenvalue weighted by Crippen LogP contribution is 2.11. The van der Waals surface area contributed by atoms with Crippen molar-refractivity contribution in [2.75, 3.05) is 0 Å². The molecule has 0 unspecified atom stereocenters. The number of hydrogen-bond donors (Lipinski definition) is 1. The van der Waals surface area contributed by atoms with Crippen molar-refractivity contribution in [2.24, 2.45) is 0 Å². The first-order chi connectivity index (χ1) is 6.24. The van der Waals surface area contributed by atoms with Gasteiger partial charge < -0.3 is 5.11 Å². The predicted octanol–water partition coefficient (Wildman–Crippen LogP) is 1.77. The van der Waals surface area contributed by atoms with Crippen LogP contribution in [0.3, 0.4) is 0 Å². The Morgan fingerprint density at radius 2 is 2.62 bits per heavy atom. The van der Waals surface area contributed by atoms with Crippen LogP contribution in [0.4, 0.5) is 0 Å². The number of hydrogen-bond acceptors (Lipinski definition) is 4. The number of aromatic nitrogens is 1. The molecule has 0 atom stereocenters. The highest BCUT2D eigenvalue weighted by molar-refractivity contribution is 7.10. The zero-order valence-corrected chi connectivity index (χ0v) is 7.41. The lowest BCUT2D eigenvalue weighted by atomic mass is 10.4. The summed E-state index contributed by atoms with van der Waals surface area (Å²) in [7, 11) is 0. The van der Waals surface area contributed by atoms with E-state index in [0.29, 0.717) is 11.4 Å². The van der Waals surface area contributed by atoms with Crippen LogP contribution in [0.25, 0.3) is 6.08 Å². The van der Waals surface area contributed by atoms with Crippen molar-refractivity contribution in [1.82, 2.24) is 4.98 Å². The number of thiazole rings is 1. The third-order valence-electron chi connectivity index (χ3n) is 1.21. The molecule has 0 aromatic carbocycles. The lowest BCUT2D eigenvalue weighted by Crippen LogP contribution is -1.95. The van der Waals surface area contributed by atoms with Crippen LogP contribution in [0, 0.1) is 11.3 Å². The molecule has 0 saturated carbocycles. The van der Waals surface area contributed by atoms with Gasteiger partial charge in [0.25, 0.3) is 0 Å². The number of carboxylic acids is 1. The van der Waals surface area contributed by atoms with E-state index in [1.54, 1.807) is 12.2 Å². The van der Waals surface area contributed by atoms with Crippen LogP contribution in [0.5, 0.6) is 0 Å². The fourth-order valence-corrected chi connectivity index (χ4v) is 1.39. The first-order valence-electron chi connectivity index (χ1n) is 3.46. The van der Waals surface area contributed by atoms with Gasteiger partial charge in [-0.15, -0.1) is 11.3 Å². The third-order valence-corrected chi connectivity index (χ3v) is 2.02. The minimum Gasteiger partial charge on any atom is -0.476 e. The standard InChI is InChI=1S/C8H6N2O2S/c9-4-2-1-3-7-10-6(5-13-7)8(11)12/h1,3,5H,2H2,(H,11,12). The number of rotatable bonds is 3. The van der Waals surface area contributed by atoms with Crippen molar-refractivity contribution >= 4 is 23.4 Å². The average Bonchev–Trinajstić information content (AvgIpc) is 2.53. The molecule has 1 heterocycles. The van der Waals surface area contributed by atoms with Crippen LogP contribution < -0.4 is 0 Å². The van der Waals surface area contributed by atoms with E-state index in [9.17, 15) is 4.79 Å². The van der Waals surface area contributed by atoms with Gasteiger partial charge in [-0.25, -0.2) is 9.78 Å². The van der Waals surface area contributed by atoms with Gasteiger partial charge in [0.1, 0.15) is 5.01 Å². The lowest BCUT2D eigenvalue weighted by Gasteiger charge is -1.81. The fraction of sp³-hybridized carbons (Fsp3) is 0.125. The molecule has 0 fully saturated rings. The number of aromatic carboxylic acids is 1.